The predicted molar refractivity (Wildman–Crippen MR) is 67.5 cm³/mol. The molecule has 1 N–H and O–H groups in total. The van der Waals surface area contributed by atoms with Crippen LogP contribution in [0.15, 0.2) is 0 Å². The second-order valence-corrected chi connectivity index (χ2v) is 6.02. The van der Waals surface area contributed by atoms with Crippen molar-refractivity contribution in [1.82, 2.24) is 4.90 Å². The van der Waals surface area contributed by atoms with Gasteiger partial charge in [-0.25, -0.2) is 0 Å². The Bertz CT molecular complexity index is 267. The highest BCUT2D eigenvalue weighted by molar-refractivity contribution is 5.78. The van der Waals surface area contributed by atoms with Gasteiger partial charge < -0.3 is 10.0 Å². The summed E-state index contributed by atoms with van der Waals surface area (Å²) in [5, 5.41) is 9.07. The van der Waals surface area contributed by atoms with Gasteiger partial charge in [-0.1, -0.05) is 26.2 Å². The van der Waals surface area contributed by atoms with E-state index in [2.05, 4.69) is 6.92 Å². The molecule has 0 aromatic rings. The van der Waals surface area contributed by atoms with Gasteiger partial charge in [-0.3, -0.25) is 4.79 Å². The minimum atomic E-state index is 0.155. The van der Waals surface area contributed by atoms with Crippen LogP contribution in [0.5, 0.6) is 0 Å². The number of amides is 1. The molecule has 98 valence electrons. The molecule has 2 fully saturated rings. The first-order valence-corrected chi connectivity index (χ1v) is 7.07. The summed E-state index contributed by atoms with van der Waals surface area (Å²) in [6, 6.07) is 0. The summed E-state index contributed by atoms with van der Waals surface area (Å²) in [6.45, 7) is 4.18. The van der Waals surface area contributed by atoms with Crippen LogP contribution in [0.1, 0.15) is 45.4 Å². The molecule has 0 bridgehead atoms. The average Bonchev–Trinajstić information content (AvgIpc) is 2.68. The number of hydrogen-bond acceptors (Lipinski definition) is 2. The summed E-state index contributed by atoms with van der Waals surface area (Å²) in [4.78, 5) is 13.7. The lowest BCUT2D eigenvalue weighted by Crippen LogP contribution is -2.29. The fourth-order valence-electron chi connectivity index (χ4n) is 3.35. The third-order valence-corrected chi connectivity index (χ3v) is 4.41. The average molecular weight is 239 g/mol. The molecule has 1 saturated heterocycles. The van der Waals surface area contributed by atoms with E-state index >= 15 is 0 Å². The minimum Gasteiger partial charge on any atom is -0.396 e. The van der Waals surface area contributed by atoms with E-state index in [0.29, 0.717) is 6.42 Å². The second-order valence-electron chi connectivity index (χ2n) is 6.02. The summed E-state index contributed by atoms with van der Waals surface area (Å²) in [6.07, 6.45) is 7.14. The molecule has 0 aromatic heterocycles. The molecule has 0 radical (unpaired) electrons. The maximum atomic E-state index is 11.7. The van der Waals surface area contributed by atoms with E-state index in [1.165, 1.54) is 25.7 Å². The number of aliphatic hydroxyl groups excluding tert-OH is 1. The van der Waals surface area contributed by atoms with Gasteiger partial charge >= 0.3 is 0 Å². The predicted octanol–water partition coefficient (Wildman–Crippen LogP) is 2.04. The van der Waals surface area contributed by atoms with E-state index < -0.39 is 0 Å². The van der Waals surface area contributed by atoms with Crippen LogP contribution < -0.4 is 0 Å². The van der Waals surface area contributed by atoms with E-state index in [1.807, 2.05) is 4.90 Å². The van der Waals surface area contributed by atoms with Crippen molar-refractivity contribution in [1.29, 1.82) is 0 Å². The largest absolute Gasteiger partial charge is 0.396 e. The van der Waals surface area contributed by atoms with Crippen LogP contribution in [0, 0.1) is 17.8 Å². The Balaban J connectivity index is 1.72. The molecule has 1 amide bonds. The maximum absolute atomic E-state index is 11.7. The summed E-state index contributed by atoms with van der Waals surface area (Å²) >= 11 is 0. The molecule has 3 nitrogen and oxygen atoms in total. The SMILES string of the molecule is CC1CCCC(CCN2CC(CO)CC2=O)C1. The number of carbonyl (C=O) groups excluding carboxylic acids is 1. The van der Waals surface area contributed by atoms with E-state index in [0.717, 1.165) is 31.3 Å². The number of hydrogen-bond donors (Lipinski definition) is 1. The Labute approximate surface area is 104 Å². The zero-order valence-electron chi connectivity index (χ0n) is 10.9. The first-order chi connectivity index (χ1) is 8.19. The molecule has 3 heteroatoms. The molecular formula is C14H25NO2. The van der Waals surface area contributed by atoms with Gasteiger partial charge in [0.15, 0.2) is 0 Å². The van der Waals surface area contributed by atoms with Gasteiger partial charge in [0.25, 0.3) is 0 Å². The summed E-state index contributed by atoms with van der Waals surface area (Å²) in [5.74, 6) is 2.12. The van der Waals surface area contributed by atoms with Crippen molar-refractivity contribution in [3.05, 3.63) is 0 Å². The zero-order valence-corrected chi connectivity index (χ0v) is 10.9. The van der Waals surface area contributed by atoms with Crippen LogP contribution in [0.3, 0.4) is 0 Å². The molecule has 2 rings (SSSR count). The molecule has 2 aliphatic rings. The summed E-state index contributed by atoms with van der Waals surface area (Å²) < 4.78 is 0. The van der Waals surface area contributed by atoms with Crippen molar-refractivity contribution in [3.63, 3.8) is 0 Å². The van der Waals surface area contributed by atoms with Crippen molar-refractivity contribution < 1.29 is 9.90 Å². The van der Waals surface area contributed by atoms with E-state index in [4.69, 9.17) is 5.11 Å². The Morgan fingerprint density at radius 1 is 1.35 bits per heavy atom. The molecular weight excluding hydrogens is 214 g/mol. The van der Waals surface area contributed by atoms with Crippen molar-refractivity contribution >= 4 is 5.91 Å². The lowest BCUT2D eigenvalue weighted by Gasteiger charge is -2.28. The van der Waals surface area contributed by atoms with Crippen LogP contribution in [0.25, 0.3) is 0 Å². The molecule has 1 aliphatic heterocycles. The number of aliphatic hydroxyl groups is 1. The molecule has 0 aromatic carbocycles. The van der Waals surface area contributed by atoms with Gasteiger partial charge in [0.05, 0.1) is 0 Å². The van der Waals surface area contributed by atoms with Crippen LogP contribution in [0.2, 0.25) is 0 Å². The van der Waals surface area contributed by atoms with Gasteiger partial charge in [0.1, 0.15) is 0 Å². The highest BCUT2D eigenvalue weighted by atomic mass is 16.3. The number of likely N-dealkylation sites (tertiary alicyclic amines) is 1. The molecule has 1 saturated carbocycles. The van der Waals surface area contributed by atoms with Crippen LogP contribution in [0.4, 0.5) is 0 Å². The van der Waals surface area contributed by atoms with Gasteiger partial charge in [0, 0.05) is 32.0 Å². The fraction of sp³-hybridized carbons (Fsp3) is 0.929. The first kappa shape index (κ1) is 12.9. The van der Waals surface area contributed by atoms with Crippen molar-refractivity contribution in [2.45, 2.75) is 45.4 Å². The minimum absolute atomic E-state index is 0.155. The standard InChI is InChI=1S/C14H25NO2/c1-11-3-2-4-12(7-11)5-6-15-9-13(10-16)8-14(15)17/h11-13,16H,2-10H2,1H3. The van der Waals surface area contributed by atoms with Gasteiger partial charge in [-0.15, -0.1) is 0 Å². The molecule has 3 unspecified atom stereocenters. The zero-order chi connectivity index (χ0) is 12.3. The van der Waals surface area contributed by atoms with E-state index in [1.54, 1.807) is 0 Å². The smallest absolute Gasteiger partial charge is 0.223 e. The lowest BCUT2D eigenvalue weighted by atomic mass is 9.81. The van der Waals surface area contributed by atoms with Crippen molar-refractivity contribution in [2.24, 2.45) is 17.8 Å². The van der Waals surface area contributed by atoms with Crippen molar-refractivity contribution in [2.75, 3.05) is 19.7 Å². The topological polar surface area (TPSA) is 40.5 Å². The van der Waals surface area contributed by atoms with E-state index in [-0.39, 0.29) is 18.4 Å². The first-order valence-electron chi connectivity index (χ1n) is 7.07. The Morgan fingerprint density at radius 3 is 2.82 bits per heavy atom. The Morgan fingerprint density at radius 2 is 2.18 bits per heavy atom. The van der Waals surface area contributed by atoms with Crippen LogP contribution in [-0.2, 0) is 4.79 Å². The fourth-order valence-corrected chi connectivity index (χ4v) is 3.35. The third kappa shape index (κ3) is 3.44. The Kier molecular flexibility index (Phi) is 4.43. The van der Waals surface area contributed by atoms with Crippen LogP contribution in [-0.4, -0.2) is 35.6 Å². The van der Waals surface area contributed by atoms with Gasteiger partial charge in [0.2, 0.25) is 5.91 Å². The number of nitrogens with zero attached hydrogens (tertiary/aromatic N) is 1. The quantitative estimate of drug-likeness (QED) is 0.815. The van der Waals surface area contributed by atoms with E-state index in [9.17, 15) is 4.79 Å². The maximum Gasteiger partial charge on any atom is 0.223 e. The third-order valence-electron chi connectivity index (χ3n) is 4.41. The molecule has 0 spiro atoms. The highest BCUT2D eigenvalue weighted by Crippen LogP contribution is 2.31. The highest BCUT2D eigenvalue weighted by Gasteiger charge is 2.29. The summed E-state index contributed by atoms with van der Waals surface area (Å²) in [7, 11) is 0. The van der Waals surface area contributed by atoms with Gasteiger partial charge in [-0.2, -0.15) is 0 Å². The summed E-state index contributed by atoms with van der Waals surface area (Å²) in [5.41, 5.74) is 0. The Hall–Kier alpha value is -0.570. The van der Waals surface area contributed by atoms with Gasteiger partial charge in [-0.05, 0) is 24.7 Å². The number of rotatable bonds is 4. The van der Waals surface area contributed by atoms with Crippen molar-refractivity contribution in [3.8, 4) is 0 Å². The monoisotopic (exact) mass is 239 g/mol. The molecule has 3 atom stereocenters. The molecule has 1 heterocycles. The normalized spacial score (nSPS) is 34.4. The molecule has 1 aliphatic carbocycles. The second kappa shape index (κ2) is 5.85. The number of carbonyl (C=O) groups is 1. The molecule has 17 heavy (non-hydrogen) atoms. The lowest BCUT2D eigenvalue weighted by molar-refractivity contribution is -0.127. The van der Waals surface area contributed by atoms with Crippen LogP contribution >= 0.6 is 0 Å².